The number of nitrogens with one attached hydrogen (secondary N) is 2. The van der Waals surface area contributed by atoms with E-state index in [1.54, 1.807) is 10.9 Å². The van der Waals surface area contributed by atoms with Crippen LogP contribution in [0.25, 0.3) is 0 Å². The molecule has 0 aromatic carbocycles. The SMILES string of the molecule is O=c1[nH]ncn1CCN1CCNCC1. The zero-order valence-electron chi connectivity index (χ0n) is 8.07. The van der Waals surface area contributed by atoms with Crippen molar-refractivity contribution in [1.29, 1.82) is 0 Å². The topological polar surface area (TPSA) is 66.0 Å². The summed E-state index contributed by atoms with van der Waals surface area (Å²) in [6.45, 7) is 5.84. The Hall–Kier alpha value is -1.14. The van der Waals surface area contributed by atoms with Crippen LogP contribution in [-0.4, -0.2) is 52.4 Å². The Kier molecular flexibility index (Phi) is 2.95. The fourth-order valence-electron chi connectivity index (χ4n) is 1.61. The highest BCUT2D eigenvalue weighted by Gasteiger charge is 2.09. The number of rotatable bonds is 3. The third-order valence-electron chi connectivity index (χ3n) is 2.48. The average Bonchev–Trinajstić information content (AvgIpc) is 2.63. The molecule has 0 spiro atoms. The second kappa shape index (κ2) is 4.39. The van der Waals surface area contributed by atoms with E-state index in [-0.39, 0.29) is 5.69 Å². The first-order valence-corrected chi connectivity index (χ1v) is 4.89. The average molecular weight is 197 g/mol. The molecule has 0 saturated carbocycles. The zero-order chi connectivity index (χ0) is 9.80. The Bertz CT molecular complexity index is 324. The Morgan fingerprint density at radius 1 is 1.36 bits per heavy atom. The van der Waals surface area contributed by atoms with Crippen LogP contribution in [-0.2, 0) is 6.54 Å². The second-order valence-corrected chi connectivity index (χ2v) is 3.45. The largest absolute Gasteiger partial charge is 0.343 e. The molecule has 2 rings (SSSR count). The number of nitrogens with zero attached hydrogens (tertiary/aromatic N) is 3. The summed E-state index contributed by atoms with van der Waals surface area (Å²) in [4.78, 5) is 13.4. The van der Waals surface area contributed by atoms with Gasteiger partial charge in [-0.1, -0.05) is 0 Å². The zero-order valence-corrected chi connectivity index (χ0v) is 8.07. The van der Waals surface area contributed by atoms with Crippen LogP contribution >= 0.6 is 0 Å². The lowest BCUT2D eigenvalue weighted by molar-refractivity contribution is 0.231. The van der Waals surface area contributed by atoms with Crippen molar-refractivity contribution in [1.82, 2.24) is 25.0 Å². The minimum Gasteiger partial charge on any atom is -0.314 e. The molecule has 0 aliphatic carbocycles. The molecule has 0 radical (unpaired) electrons. The fraction of sp³-hybridized carbons (Fsp3) is 0.750. The molecular weight excluding hydrogens is 182 g/mol. The molecule has 6 nitrogen and oxygen atoms in total. The van der Waals surface area contributed by atoms with E-state index in [0.29, 0.717) is 0 Å². The Morgan fingerprint density at radius 3 is 2.79 bits per heavy atom. The summed E-state index contributed by atoms with van der Waals surface area (Å²) >= 11 is 0. The summed E-state index contributed by atoms with van der Waals surface area (Å²) in [6.07, 6.45) is 1.55. The lowest BCUT2D eigenvalue weighted by atomic mass is 10.3. The normalized spacial score (nSPS) is 18.6. The molecule has 1 aliphatic heterocycles. The highest BCUT2D eigenvalue weighted by Crippen LogP contribution is 1.92. The molecule has 0 bridgehead atoms. The van der Waals surface area contributed by atoms with Gasteiger partial charge in [-0.2, -0.15) is 5.10 Å². The van der Waals surface area contributed by atoms with Crippen molar-refractivity contribution in [2.75, 3.05) is 32.7 Å². The number of aromatic nitrogens is 3. The van der Waals surface area contributed by atoms with Gasteiger partial charge in [0.05, 0.1) is 0 Å². The molecule has 0 atom stereocenters. The third-order valence-corrected chi connectivity index (χ3v) is 2.48. The van der Waals surface area contributed by atoms with Gasteiger partial charge in [-0.3, -0.25) is 9.47 Å². The van der Waals surface area contributed by atoms with Crippen LogP contribution < -0.4 is 11.0 Å². The fourth-order valence-corrected chi connectivity index (χ4v) is 1.61. The van der Waals surface area contributed by atoms with Crippen LogP contribution in [0.2, 0.25) is 0 Å². The third kappa shape index (κ3) is 2.21. The minimum atomic E-state index is -0.125. The van der Waals surface area contributed by atoms with Crippen molar-refractivity contribution in [2.45, 2.75) is 6.54 Å². The van der Waals surface area contributed by atoms with E-state index in [9.17, 15) is 4.79 Å². The predicted octanol–water partition coefficient (Wildman–Crippen LogP) is -1.52. The van der Waals surface area contributed by atoms with Crippen LogP contribution in [0.3, 0.4) is 0 Å². The minimum absolute atomic E-state index is 0.125. The number of H-pyrrole nitrogens is 1. The quantitative estimate of drug-likeness (QED) is 0.617. The molecular formula is C8H15N5O. The molecule has 14 heavy (non-hydrogen) atoms. The van der Waals surface area contributed by atoms with E-state index < -0.39 is 0 Å². The number of hydrogen-bond acceptors (Lipinski definition) is 4. The molecule has 2 heterocycles. The highest BCUT2D eigenvalue weighted by atomic mass is 16.1. The van der Waals surface area contributed by atoms with E-state index in [1.807, 2.05) is 0 Å². The van der Waals surface area contributed by atoms with Crippen molar-refractivity contribution in [2.24, 2.45) is 0 Å². The van der Waals surface area contributed by atoms with Gasteiger partial charge in [0.1, 0.15) is 6.33 Å². The van der Waals surface area contributed by atoms with Crippen molar-refractivity contribution < 1.29 is 0 Å². The Morgan fingerprint density at radius 2 is 2.14 bits per heavy atom. The van der Waals surface area contributed by atoms with Crippen molar-refractivity contribution in [3.05, 3.63) is 16.8 Å². The summed E-state index contributed by atoms with van der Waals surface area (Å²) in [5.41, 5.74) is -0.125. The number of aromatic amines is 1. The first-order chi connectivity index (χ1) is 6.86. The second-order valence-electron chi connectivity index (χ2n) is 3.45. The van der Waals surface area contributed by atoms with Crippen LogP contribution in [0.15, 0.2) is 11.1 Å². The van der Waals surface area contributed by atoms with Gasteiger partial charge in [0.2, 0.25) is 0 Å². The molecule has 6 heteroatoms. The van der Waals surface area contributed by atoms with Gasteiger partial charge in [0.15, 0.2) is 0 Å². The maximum atomic E-state index is 11.1. The van der Waals surface area contributed by atoms with Crippen LogP contribution in [0.4, 0.5) is 0 Å². The first-order valence-electron chi connectivity index (χ1n) is 4.89. The molecule has 1 saturated heterocycles. The Labute approximate surface area is 81.9 Å². The molecule has 1 fully saturated rings. The standard InChI is InChI=1S/C8H15N5O/c14-8-11-10-7-13(8)6-5-12-3-1-9-2-4-12/h7,9H,1-6H2,(H,11,14). The molecule has 1 aromatic heterocycles. The molecule has 0 amide bonds. The number of hydrogen-bond donors (Lipinski definition) is 2. The molecule has 78 valence electrons. The van der Waals surface area contributed by atoms with Crippen LogP contribution in [0, 0.1) is 0 Å². The summed E-state index contributed by atoms with van der Waals surface area (Å²) < 4.78 is 1.60. The van der Waals surface area contributed by atoms with Gasteiger partial charge in [0.25, 0.3) is 0 Å². The van der Waals surface area contributed by atoms with Crippen LogP contribution in [0.1, 0.15) is 0 Å². The molecule has 2 N–H and O–H groups in total. The van der Waals surface area contributed by atoms with Gasteiger partial charge >= 0.3 is 5.69 Å². The molecule has 0 unspecified atom stereocenters. The number of piperazine rings is 1. The van der Waals surface area contributed by atoms with Gasteiger partial charge in [-0.25, -0.2) is 9.89 Å². The summed E-state index contributed by atoms with van der Waals surface area (Å²) in [5, 5.41) is 9.35. The predicted molar refractivity (Wildman–Crippen MR) is 52.2 cm³/mol. The summed E-state index contributed by atoms with van der Waals surface area (Å²) in [7, 11) is 0. The molecule has 1 aliphatic rings. The highest BCUT2D eigenvalue weighted by molar-refractivity contribution is 4.69. The van der Waals surface area contributed by atoms with E-state index in [2.05, 4.69) is 20.4 Å². The maximum absolute atomic E-state index is 11.1. The van der Waals surface area contributed by atoms with Gasteiger partial charge in [-0.15, -0.1) is 0 Å². The lowest BCUT2D eigenvalue weighted by Gasteiger charge is -2.26. The van der Waals surface area contributed by atoms with Crippen LogP contribution in [0.5, 0.6) is 0 Å². The van der Waals surface area contributed by atoms with Crippen molar-refractivity contribution in [3.8, 4) is 0 Å². The summed E-state index contributed by atoms with van der Waals surface area (Å²) in [6, 6.07) is 0. The van der Waals surface area contributed by atoms with E-state index in [1.165, 1.54) is 0 Å². The van der Waals surface area contributed by atoms with E-state index in [4.69, 9.17) is 0 Å². The van der Waals surface area contributed by atoms with Gasteiger partial charge in [0, 0.05) is 39.3 Å². The van der Waals surface area contributed by atoms with Gasteiger partial charge in [-0.05, 0) is 0 Å². The Balaban J connectivity index is 1.82. The molecule has 1 aromatic rings. The van der Waals surface area contributed by atoms with Crippen molar-refractivity contribution >= 4 is 0 Å². The van der Waals surface area contributed by atoms with E-state index >= 15 is 0 Å². The summed E-state index contributed by atoms with van der Waals surface area (Å²) in [5.74, 6) is 0. The lowest BCUT2D eigenvalue weighted by Crippen LogP contribution is -2.44. The van der Waals surface area contributed by atoms with Crippen molar-refractivity contribution in [3.63, 3.8) is 0 Å². The smallest absolute Gasteiger partial charge is 0.314 e. The maximum Gasteiger partial charge on any atom is 0.343 e. The van der Waals surface area contributed by atoms with E-state index in [0.717, 1.165) is 39.3 Å². The monoisotopic (exact) mass is 197 g/mol. The first kappa shape index (κ1) is 9.42. The van der Waals surface area contributed by atoms with Gasteiger partial charge < -0.3 is 5.32 Å².